The van der Waals surface area contributed by atoms with Crippen LogP contribution in [0.5, 0.6) is 0 Å². The Kier molecular flexibility index (Phi) is 4.33. The number of hydrogen-bond donors (Lipinski definition) is 2. The summed E-state index contributed by atoms with van der Waals surface area (Å²) in [5.74, 6) is 0.844. The van der Waals surface area contributed by atoms with Crippen molar-refractivity contribution in [3.05, 3.63) is 41.0 Å². The number of carbonyl (C=O) groups excluding carboxylic acids is 2. The summed E-state index contributed by atoms with van der Waals surface area (Å²) in [6.45, 7) is 5.70. The molecule has 1 aliphatic heterocycles. The molecule has 24 heavy (non-hydrogen) atoms. The zero-order chi connectivity index (χ0) is 17.3. The highest BCUT2D eigenvalue weighted by Crippen LogP contribution is 2.25. The molecule has 3 rings (SSSR count). The Labute approximate surface area is 139 Å². The van der Waals surface area contributed by atoms with E-state index in [1.807, 2.05) is 19.9 Å². The normalized spacial score (nSPS) is 14.9. The molecular weight excluding hydrogens is 308 g/mol. The average Bonchev–Trinajstić information content (AvgIpc) is 2.97. The van der Waals surface area contributed by atoms with Crippen molar-refractivity contribution in [1.29, 1.82) is 0 Å². The number of aryl methyl sites for hydroxylation is 2. The second-order valence-corrected chi connectivity index (χ2v) is 6.30. The summed E-state index contributed by atoms with van der Waals surface area (Å²) in [7, 11) is 0. The van der Waals surface area contributed by atoms with E-state index in [-0.39, 0.29) is 23.8 Å². The van der Waals surface area contributed by atoms with E-state index in [0.29, 0.717) is 30.1 Å². The average molecular weight is 328 g/mol. The van der Waals surface area contributed by atoms with E-state index in [9.17, 15) is 9.59 Å². The van der Waals surface area contributed by atoms with Gasteiger partial charge in [0.2, 0.25) is 11.8 Å². The third-order valence-corrected chi connectivity index (χ3v) is 4.03. The maximum atomic E-state index is 12.6. The maximum Gasteiger partial charge on any atom is 0.251 e. The molecule has 0 bridgehead atoms. The third kappa shape index (κ3) is 3.29. The number of rotatable bonds is 4. The second-order valence-electron chi connectivity index (χ2n) is 6.30. The third-order valence-electron chi connectivity index (χ3n) is 4.03. The lowest BCUT2D eigenvalue weighted by atomic mass is 9.99. The molecule has 2 aromatic rings. The van der Waals surface area contributed by atoms with Crippen molar-refractivity contribution < 1.29 is 14.1 Å². The minimum Gasteiger partial charge on any atom is -0.340 e. The number of amides is 2. The van der Waals surface area contributed by atoms with E-state index in [4.69, 9.17) is 4.52 Å². The molecule has 1 aromatic carbocycles. The van der Waals surface area contributed by atoms with Crippen LogP contribution in [0, 0.1) is 12.8 Å². The largest absolute Gasteiger partial charge is 0.340 e. The number of anilines is 1. The van der Waals surface area contributed by atoms with Gasteiger partial charge in [-0.25, -0.2) is 0 Å². The summed E-state index contributed by atoms with van der Waals surface area (Å²) < 4.78 is 5.20. The Morgan fingerprint density at radius 2 is 2.12 bits per heavy atom. The first-order chi connectivity index (χ1) is 11.4. The number of benzene rings is 1. The number of carbonyl (C=O) groups is 2. The standard InChI is InChI=1S/C17H20N4O3/c1-9(2)15(17-18-10(3)21-24-17)20-16(23)12-4-6-13-11(8-12)5-7-14(22)19-13/h4,6,8-9,15H,5,7H2,1-3H3,(H,19,22)(H,20,23). The van der Waals surface area contributed by atoms with Crippen LogP contribution in [0.4, 0.5) is 5.69 Å². The topological polar surface area (TPSA) is 97.1 Å². The van der Waals surface area contributed by atoms with E-state index in [0.717, 1.165) is 11.3 Å². The van der Waals surface area contributed by atoms with Crippen LogP contribution in [-0.2, 0) is 11.2 Å². The molecule has 7 heteroatoms. The van der Waals surface area contributed by atoms with E-state index < -0.39 is 0 Å². The van der Waals surface area contributed by atoms with Crippen molar-refractivity contribution in [3.63, 3.8) is 0 Å². The highest BCUT2D eigenvalue weighted by Gasteiger charge is 2.25. The van der Waals surface area contributed by atoms with Crippen molar-refractivity contribution in [2.24, 2.45) is 5.92 Å². The first-order valence-corrected chi connectivity index (χ1v) is 7.98. The van der Waals surface area contributed by atoms with Gasteiger partial charge < -0.3 is 15.2 Å². The van der Waals surface area contributed by atoms with Crippen LogP contribution in [0.1, 0.15) is 53.9 Å². The Balaban J connectivity index is 1.79. The van der Waals surface area contributed by atoms with Crippen molar-refractivity contribution in [2.75, 3.05) is 5.32 Å². The number of nitrogens with one attached hydrogen (secondary N) is 2. The molecule has 1 aliphatic rings. The minimum atomic E-state index is -0.352. The van der Waals surface area contributed by atoms with Gasteiger partial charge in [0.15, 0.2) is 5.82 Å². The Morgan fingerprint density at radius 1 is 1.33 bits per heavy atom. The number of hydrogen-bond acceptors (Lipinski definition) is 5. The molecule has 0 fully saturated rings. The van der Waals surface area contributed by atoms with Gasteiger partial charge in [-0.05, 0) is 43.0 Å². The summed E-state index contributed by atoms with van der Waals surface area (Å²) in [5.41, 5.74) is 2.29. The molecule has 126 valence electrons. The van der Waals surface area contributed by atoms with Gasteiger partial charge in [0.1, 0.15) is 6.04 Å². The molecule has 2 amide bonds. The summed E-state index contributed by atoms with van der Waals surface area (Å²) in [6.07, 6.45) is 1.08. The predicted molar refractivity (Wildman–Crippen MR) is 87.5 cm³/mol. The molecule has 1 unspecified atom stereocenters. The van der Waals surface area contributed by atoms with Crippen molar-refractivity contribution in [2.45, 2.75) is 39.7 Å². The first kappa shape index (κ1) is 16.2. The summed E-state index contributed by atoms with van der Waals surface area (Å²) in [5, 5.41) is 9.55. The SMILES string of the molecule is Cc1noc(C(NC(=O)c2ccc3c(c2)CCC(=O)N3)C(C)C)n1. The van der Waals surface area contributed by atoms with Crippen LogP contribution in [0.3, 0.4) is 0 Å². The molecule has 1 atom stereocenters. The van der Waals surface area contributed by atoms with Crippen molar-refractivity contribution in [1.82, 2.24) is 15.5 Å². The summed E-state index contributed by atoms with van der Waals surface area (Å²) in [4.78, 5) is 28.2. The van der Waals surface area contributed by atoms with Gasteiger partial charge in [-0.15, -0.1) is 0 Å². The lowest BCUT2D eigenvalue weighted by Crippen LogP contribution is -2.32. The zero-order valence-electron chi connectivity index (χ0n) is 13.9. The Bertz CT molecular complexity index is 782. The molecule has 0 aliphatic carbocycles. The fourth-order valence-electron chi connectivity index (χ4n) is 2.70. The number of nitrogens with zero attached hydrogens (tertiary/aromatic N) is 2. The molecule has 2 N–H and O–H groups in total. The molecule has 2 heterocycles. The predicted octanol–water partition coefficient (Wildman–Crippen LogP) is 2.39. The number of fused-ring (bicyclic) bond motifs is 1. The van der Waals surface area contributed by atoms with Crippen molar-refractivity contribution in [3.8, 4) is 0 Å². The Morgan fingerprint density at radius 3 is 2.79 bits per heavy atom. The lowest BCUT2D eigenvalue weighted by Gasteiger charge is -2.20. The molecular formula is C17H20N4O3. The van der Waals surface area contributed by atoms with E-state index in [1.54, 1.807) is 19.1 Å². The fraction of sp³-hybridized carbons (Fsp3) is 0.412. The molecule has 0 radical (unpaired) electrons. The summed E-state index contributed by atoms with van der Waals surface area (Å²) >= 11 is 0. The zero-order valence-corrected chi connectivity index (χ0v) is 13.9. The van der Waals surface area contributed by atoms with Gasteiger partial charge in [0, 0.05) is 17.7 Å². The van der Waals surface area contributed by atoms with Gasteiger partial charge in [0.05, 0.1) is 0 Å². The summed E-state index contributed by atoms with van der Waals surface area (Å²) in [6, 6.07) is 4.94. The molecule has 1 aromatic heterocycles. The molecule has 0 saturated carbocycles. The van der Waals surface area contributed by atoms with Gasteiger partial charge in [-0.2, -0.15) is 4.98 Å². The van der Waals surface area contributed by atoms with Gasteiger partial charge in [0.25, 0.3) is 5.91 Å². The van der Waals surface area contributed by atoms with E-state index in [2.05, 4.69) is 20.8 Å². The highest BCUT2D eigenvalue weighted by molar-refractivity contribution is 5.98. The van der Waals surface area contributed by atoms with E-state index in [1.165, 1.54) is 0 Å². The smallest absolute Gasteiger partial charge is 0.251 e. The fourth-order valence-corrected chi connectivity index (χ4v) is 2.70. The van der Waals surface area contributed by atoms with Crippen LogP contribution in [0.25, 0.3) is 0 Å². The first-order valence-electron chi connectivity index (χ1n) is 7.98. The van der Waals surface area contributed by atoms with Crippen LogP contribution in [0.2, 0.25) is 0 Å². The second kappa shape index (κ2) is 6.43. The molecule has 0 spiro atoms. The molecule has 0 saturated heterocycles. The quantitative estimate of drug-likeness (QED) is 0.898. The van der Waals surface area contributed by atoms with Crippen LogP contribution in [0.15, 0.2) is 22.7 Å². The van der Waals surface area contributed by atoms with Crippen LogP contribution in [-0.4, -0.2) is 22.0 Å². The maximum absolute atomic E-state index is 12.6. The monoisotopic (exact) mass is 328 g/mol. The van der Waals surface area contributed by atoms with Gasteiger partial charge >= 0.3 is 0 Å². The number of aromatic nitrogens is 2. The minimum absolute atomic E-state index is 0.00587. The van der Waals surface area contributed by atoms with E-state index >= 15 is 0 Å². The van der Waals surface area contributed by atoms with Gasteiger partial charge in [-0.1, -0.05) is 19.0 Å². The van der Waals surface area contributed by atoms with Crippen molar-refractivity contribution >= 4 is 17.5 Å². The Hall–Kier alpha value is -2.70. The highest BCUT2D eigenvalue weighted by atomic mass is 16.5. The van der Waals surface area contributed by atoms with Gasteiger partial charge in [-0.3, -0.25) is 9.59 Å². The van der Waals surface area contributed by atoms with Crippen LogP contribution >= 0.6 is 0 Å². The molecule has 7 nitrogen and oxygen atoms in total. The lowest BCUT2D eigenvalue weighted by molar-refractivity contribution is -0.116. The van der Waals surface area contributed by atoms with Crippen LogP contribution < -0.4 is 10.6 Å².